The van der Waals surface area contributed by atoms with Gasteiger partial charge in [0.1, 0.15) is 12.4 Å². The number of ether oxygens (including phenoxy) is 1. The monoisotopic (exact) mass is 237 g/mol. The van der Waals surface area contributed by atoms with Crippen LogP contribution in [0.3, 0.4) is 0 Å². The topological polar surface area (TPSA) is 12.5 Å². The maximum Gasteiger partial charge on any atom is 0.118 e. The van der Waals surface area contributed by atoms with Gasteiger partial charge in [-0.05, 0) is 60.4 Å². The van der Waals surface area contributed by atoms with Crippen molar-refractivity contribution < 1.29 is 4.74 Å². The molecular formula is C15H27NO. The summed E-state index contributed by atoms with van der Waals surface area (Å²) in [5.41, 5.74) is 3.84. The SMILES string of the molecule is CC(C)=C(C)/C=C\C(OCCN(C)C)=C(C)C. The van der Waals surface area contributed by atoms with E-state index >= 15 is 0 Å². The van der Waals surface area contributed by atoms with Crippen LogP contribution in [-0.2, 0) is 4.74 Å². The first-order chi connectivity index (χ1) is 7.84. The fourth-order valence-corrected chi connectivity index (χ4v) is 1.06. The van der Waals surface area contributed by atoms with Crippen LogP contribution in [0.2, 0.25) is 0 Å². The van der Waals surface area contributed by atoms with E-state index in [4.69, 9.17) is 4.74 Å². The molecule has 0 aromatic carbocycles. The molecule has 0 saturated heterocycles. The minimum Gasteiger partial charge on any atom is -0.492 e. The quantitative estimate of drug-likeness (QED) is 0.515. The van der Waals surface area contributed by atoms with Gasteiger partial charge in [0.2, 0.25) is 0 Å². The summed E-state index contributed by atoms with van der Waals surface area (Å²) in [7, 11) is 4.10. The molecule has 0 spiro atoms. The maximum atomic E-state index is 5.77. The Hall–Kier alpha value is -1.02. The van der Waals surface area contributed by atoms with Crippen molar-refractivity contribution in [2.24, 2.45) is 0 Å². The Kier molecular flexibility index (Phi) is 7.64. The summed E-state index contributed by atoms with van der Waals surface area (Å²) in [4.78, 5) is 2.12. The minimum atomic E-state index is 0.728. The predicted molar refractivity (Wildman–Crippen MR) is 76.1 cm³/mol. The van der Waals surface area contributed by atoms with E-state index in [1.807, 2.05) is 0 Å². The second-order valence-corrected chi connectivity index (χ2v) is 5.03. The predicted octanol–water partition coefficient (Wildman–Crippen LogP) is 3.77. The highest BCUT2D eigenvalue weighted by Gasteiger charge is 1.98. The molecule has 0 aromatic rings. The van der Waals surface area contributed by atoms with Crippen molar-refractivity contribution in [1.29, 1.82) is 0 Å². The van der Waals surface area contributed by atoms with E-state index in [0.717, 1.165) is 18.9 Å². The van der Waals surface area contributed by atoms with Gasteiger partial charge in [-0.25, -0.2) is 0 Å². The molecule has 0 rings (SSSR count). The van der Waals surface area contributed by atoms with Crippen molar-refractivity contribution in [3.8, 4) is 0 Å². The molecule has 0 saturated carbocycles. The first-order valence-corrected chi connectivity index (χ1v) is 6.11. The van der Waals surface area contributed by atoms with Crippen molar-refractivity contribution in [3.63, 3.8) is 0 Å². The molecule has 0 radical (unpaired) electrons. The molecule has 2 heteroatoms. The van der Waals surface area contributed by atoms with Crippen LogP contribution in [0.1, 0.15) is 34.6 Å². The summed E-state index contributed by atoms with van der Waals surface area (Å²) in [6, 6.07) is 0. The maximum absolute atomic E-state index is 5.77. The summed E-state index contributed by atoms with van der Waals surface area (Å²) in [5, 5.41) is 0. The summed E-state index contributed by atoms with van der Waals surface area (Å²) >= 11 is 0. The van der Waals surface area contributed by atoms with E-state index in [0.29, 0.717) is 0 Å². The van der Waals surface area contributed by atoms with Gasteiger partial charge in [-0.15, -0.1) is 0 Å². The zero-order valence-electron chi connectivity index (χ0n) is 12.4. The summed E-state index contributed by atoms with van der Waals surface area (Å²) in [5.74, 6) is 0.979. The molecule has 0 aliphatic carbocycles. The molecule has 2 nitrogen and oxygen atoms in total. The molecule has 0 aromatic heterocycles. The number of allylic oxidation sites excluding steroid dienone is 5. The van der Waals surface area contributed by atoms with Gasteiger partial charge in [0.15, 0.2) is 0 Å². The molecule has 0 bridgehead atoms. The molecule has 0 atom stereocenters. The van der Waals surface area contributed by atoms with Gasteiger partial charge in [0.25, 0.3) is 0 Å². The summed E-state index contributed by atoms with van der Waals surface area (Å²) in [6.07, 6.45) is 4.18. The van der Waals surface area contributed by atoms with E-state index in [1.54, 1.807) is 0 Å². The van der Waals surface area contributed by atoms with Crippen LogP contribution >= 0.6 is 0 Å². The highest BCUT2D eigenvalue weighted by Crippen LogP contribution is 2.10. The van der Waals surface area contributed by atoms with Crippen molar-refractivity contribution in [2.75, 3.05) is 27.2 Å². The minimum absolute atomic E-state index is 0.728. The van der Waals surface area contributed by atoms with Crippen molar-refractivity contribution in [2.45, 2.75) is 34.6 Å². The van der Waals surface area contributed by atoms with E-state index in [1.165, 1.54) is 16.7 Å². The third kappa shape index (κ3) is 7.81. The Morgan fingerprint density at radius 3 is 1.94 bits per heavy atom. The second kappa shape index (κ2) is 8.13. The molecule has 0 aliphatic heterocycles. The van der Waals surface area contributed by atoms with Crippen LogP contribution < -0.4 is 0 Å². The zero-order valence-corrected chi connectivity index (χ0v) is 12.4. The Bertz CT molecular complexity index is 314. The standard InChI is InChI=1S/C15H27NO/c1-12(2)14(5)8-9-15(13(3)4)17-11-10-16(6)7/h8-9H,10-11H2,1-7H3/b9-8-. The highest BCUT2D eigenvalue weighted by molar-refractivity contribution is 5.28. The largest absolute Gasteiger partial charge is 0.492 e. The third-order valence-electron chi connectivity index (χ3n) is 2.56. The van der Waals surface area contributed by atoms with Crippen molar-refractivity contribution in [3.05, 3.63) is 34.6 Å². The van der Waals surface area contributed by atoms with E-state index < -0.39 is 0 Å². The number of rotatable bonds is 6. The Morgan fingerprint density at radius 2 is 1.53 bits per heavy atom. The van der Waals surface area contributed by atoms with Gasteiger partial charge in [0, 0.05) is 6.54 Å². The normalized spacial score (nSPS) is 10.8. The number of hydrogen-bond acceptors (Lipinski definition) is 2. The van der Waals surface area contributed by atoms with E-state index in [-0.39, 0.29) is 0 Å². The molecule has 0 fully saturated rings. The first-order valence-electron chi connectivity index (χ1n) is 6.11. The third-order valence-corrected chi connectivity index (χ3v) is 2.56. The average molecular weight is 237 g/mol. The Morgan fingerprint density at radius 1 is 0.941 bits per heavy atom. The fraction of sp³-hybridized carbons (Fsp3) is 0.600. The van der Waals surface area contributed by atoms with Gasteiger partial charge in [-0.1, -0.05) is 17.2 Å². The molecule has 0 aliphatic rings. The van der Waals surface area contributed by atoms with Gasteiger partial charge in [0.05, 0.1) is 0 Å². The van der Waals surface area contributed by atoms with Gasteiger partial charge < -0.3 is 9.64 Å². The van der Waals surface area contributed by atoms with Crippen LogP contribution in [0.15, 0.2) is 34.6 Å². The Balaban J connectivity index is 4.49. The zero-order chi connectivity index (χ0) is 13.4. The number of nitrogens with zero attached hydrogens (tertiary/aromatic N) is 1. The van der Waals surface area contributed by atoms with Crippen LogP contribution in [0.4, 0.5) is 0 Å². The second-order valence-electron chi connectivity index (χ2n) is 5.03. The molecule has 0 unspecified atom stereocenters. The number of likely N-dealkylation sites (N-methyl/N-ethyl adjacent to an activating group) is 1. The van der Waals surface area contributed by atoms with Crippen LogP contribution in [0.5, 0.6) is 0 Å². The highest BCUT2D eigenvalue weighted by atomic mass is 16.5. The molecule has 98 valence electrons. The molecule has 0 N–H and O–H groups in total. The molecular weight excluding hydrogens is 210 g/mol. The Labute approximate surface area is 107 Å². The van der Waals surface area contributed by atoms with E-state index in [2.05, 4.69) is 65.8 Å². The van der Waals surface area contributed by atoms with Crippen molar-refractivity contribution >= 4 is 0 Å². The van der Waals surface area contributed by atoms with Gasteiger partial charge in [-0.2, -0.15) is 0 Å². The molecule has 0 amide bonds. The lowest BCUT2D eigenvalue weighted by molar-refractivity contribution is 0.190. The first kappa shape index (κ1) is 16.0. The summed E-state index contributed by atoms with van der Waals surface area (Å²) in [6.45, 7) is 12.2. The van der Waals surface area contributed by atoms with Crippen molar-refractivity contribution in [1.82, 2.24) is 4.90 Å². The van der Waals surface area contributed by atoms with Crippen LogP contribution in [-0.4, -0.2) is 32.1 Å². The smallest absolute Gasteiger partial charge is 0.118 e. The number of hydrogen-bond donors (Lipinski definition) is 0. The van der Waals surface area contributed by atoms with Gasteiger partial charge in [-0.3, -0.25) is 0 Å². The van der Waals surface area contributed by atoms with Crippen LogP contribution in [0.25, 0.3) is 0 Å². The lowest BCUT2D eigenvalue weighted by Gasteiger charge is -2.12. The summed E-state index contributed by atoms with van der Waals surface area (Å²) < 4.78 is 5.77. The fourth-order valence-electron chi connectivity index (χ4n) is 1.06. The van der Waals surface area contributed by atoms with E-state index in [9.17, 15) is 0 Å². The van der Waals surface area contributed by atoms with Crippen LogP contribution in [0, 0.1) is 0 Å². The lowest BCUT2D eigenvalue weighted by Crippen LogP contribution is -2.17. The molecule has 17 heavy (non-hydrogen) atoms. The lowest BCUT2D eigenvalue weighted by atomic mass is 10.1. The van der Waals surface area contributed by atoms with Gasteiger partial charge >= 0.3 is 0 Å². The average Bonchev–Trinajstić information content (AvgIpc) is 2.21. The molecule has 0 heterocycles.